The van der Waals surface area contributed by atoms with Gasteiger partial charge in [-0.1, -0.05) is 107 Å². The van der Waals surface area contributed by atoms with Crippen LogP contribution < -0.4 is 0 Å². The standard InChI is InChI=1S/C25H40/c1-5-8-9-10-11-12-13-15-23-16-14-17-25(21-19-23)24(7-3)20-18-22(4)6-2/h14,17-21H,5-13,15-16H2,1-4H3/b22-18-,24-20+. The summed E-state index contributed by atoms with van der Waals surface area (Å²) in [6.45, 7) is 8.97. The fourth-order valence-electron chi connectivity index (χ4n) is 3.16. The molecule has 0 radical (unpaired) electrons. The van der Waals surface area contributed by atoms with Crippen molar-refractivity contribution in [3.63, 3.8) is 0 Å². The van der Waals surface area contributed by atoms with Crippen LogP contribution in [0.25, 0.3) is 0 Å². The number of hydrogen-bond donors (Lipinski definition) is 0. The zero-order valence-electron chi connectivity index (χ0n) is 17.2. The third-order valence-electron chi connectivity index (χ3n) is 5.16. The Kier molecular flexibility index (Phi) is 12.1. The molecule has 25 heavy (non-hydrogen) atoms. The molecule has 0 heterocycles. The molecule has 0 N–H and O–H groups in total. The van der Waals surface area contributed by atoms with Crippen LogP contribution in [0.5, 0.6) is 0 Å². The minimum absolute atomic E-state index is 1.09. The lowest BCUT2D eigenvalue weighted by Gasteiger charge is -2.04. The van der Waals surface area contributed by atoms with Gasteiger partial charge in [-0.15, -0.1) is 0 Å². The van der Waals surface area contributed by atoms with Gasteiger partial charge < -0.3 is 0 Å². The second kappa shape index (κ2) is 13.9. The van der Waals surface area contributed by atoms with Gasteiger partial charge in [-0.3, -0.25) is 0 Å². The lowest BCUT2D eigenvalue weighted by Crippen LogP contribution is -1.85. The zero-order valence-corrected chi connectivity index (χ0v) is 17.2. The van der Waals surface area contributed by atoms with E-state index in [0.29, 0.717) is 0 Å². The molecule has 0 saturated heterocycles. The van der Waals surface area contributed by atoms with E-state index in [1.807, 2.05) is 0 Å². The summed E-state index contributed by atoms with van der Waals surface area (Å²) in [6, 6.07) is 0. The van der Waals surface area contributed by atoms with E-state index >= 15 is 0 Å². The molecule has 0 unspecified atom stereocenters. The Morgan fingerprint density at radius 1 is 0.880 bits per heavy atom. The highest BCUT2D eigenvalue weighted by molar-refractivity contribution is 5.45. The first kappa shape index (κ1) is 21.7. The highest BCUT2D eigenvalue weighted by atomic mass is 14.1. The number of allylic oxidation sites excluding steroid dienone is 10. The molecule has 0 spiro atoms. The molecule has 0 aromatic rings. The predicted molar refractivity (Wildman–Crippen MR) is 115 cm³/mol. The van der Waals surface area contributed by atoms with Gasteiger partial charge in [0.15, 0.2) is 0 Å². The third kappa shape index (κ3) is 9.68. The Bertz CT molecular complexity index is 508. The van der Waals surface area contributed by atoms with E-state index < -0.39 is 0 Å². The van der Waals surface area contributed by atoms with Crippen molar-refractivity contribution in [2.45, 2.75) is 98.3 Å². The molecule has 0 atom stereocenters. The molecular formula is C25H40. The van der Waals surface area contributed by atoms with Crippen molar-refractivity contribution in [3.8, 4) is 0 Å². The molecule has 1 aliphatic carbocycles. The van der Waals surface area contributed by atoms with Gasteiger partial charge in [0.2, 0.25) is 0 Å². The van der Waals surface area contributed by atoms with Crippen molar-refractivity contribution in [2.75, 3.05) is 0 Å². The maximum atomic E-state index is 2.38. The van der Waals surface area contributed by atoms with Crippen LogP contribution in [0, 0.1) is 0 Å². The van der Waals surface area contributed by atoms with Crippen molar-refractivity contribution < 1.29 is 0 Å². The summed E-state index contributed by atoms with van der Waals surface area (Å²) < 4.78 is 0. The van der Waals surface area contributed by atoms with Crippen LogP contribution in [-0.2, 0) is 0 Å². The smallest absolute Gasteiger partial charge is 0.0132 e. The third-order valence-corrected chi connectivity index (χ3v) is 5.16. The van der Waals surface area contributed by atoms with Crippen molar-refractivity contribution in [1.82, 2.24) is 0 Å². The van der Waals surface area contributed by atoms with Gasteiger partial charge in [-0.05, 0) is 50.2 Å². The first-order chi connectivity index (χ1) is 12.2. The lowest BCUT2D eigenvalue weighted by atomic mass is 10.0. The highest BCUT2D eigenvalue weighted by Gasteiger charge is 2.03. The van der Waals surface area contributed by atoms with E-state index in [4.69, 9.17) is 0 Å². The van der Waals surface area contributed by atoms with E-state index in [1.54, 1.807) is 5.57 Å². The fraction of sp³-hybridized carbons (Fsp3) is 0.600. The van der Waals surface area contributed by atoms with Crippen LogP contribution >= 0.6 is 0 Å². The van der Waals surface area contributed by atoms with Crippen molar-refractivity contribution >= 4 is 0 Å². The van der Waals surface area contributed by atoms with Crippen molar-refractivity contribution in [3.05, 3.63) is 58.7 Å². The molecule has 140 valence electrons. The van der Waals surface area contributed by atoms with Crippen LogP contribution in [0.2, 0.25) is 0 Å². The van der Waals surface area contributed by atoms with Gasteiger partial charge in [-0.2, -0.15) is 0 Å². The van der Waals surface area contributed by atoms with Crippen molar-refractivity contribution in [2.24, 2.45) is 0 Å². The van der Waals surface area contributed by atoms with Crippen molar-refractivity contribution in [1.29, 1.82) is 0 Å². The molecule has 1 rings (SSSR count). The molecule has 0 heteroatoms. The number of unbranched alkanes of at least 4 members (excludes halogenated alkanes) is 6. The first-order valence-electron chi connectivity index (χ1n) is 10.6. The molecular weight excluding hydrogens is 300 g/mol. The number of rotatable bonds is 12. The van der Waals surface area contributed by atoms with E-state index in [1.165, 1.54) is 68.1 Å². The van der Waals surface area contributed by atoms with Gasteiger partial charge in [0.05, 0.1) is 0 Å². The average Bonchev–Trinajstić information content (AvgIpc) is 2.87. The van der Waals surface area contributed by atoms with Crippen LogP contribution in [0.3, 0.4) is 0 Å². The Morgan fingerprint density at radius 2 is 1.60 bits per heavy atom. The predicted octanol–water partition coefficient (Wildman–Crippen LogP) is 8.63. The quantitative estimate of drug-likeness (QED) is 0.246. The zero-order chi connectivity index (χ0) is 18.3. The Labute approximate surface area is 157 Å². The van der Waals surface area contributed by atoms with Gasteiger partial charge >= 0.3 is 0 Å². The molecule has 0 saturated carbocycles. The minimum atomic E-state index is 1.09. The van der Waals surface area contributed by atoms with E-state index in [9.17, 15) is 0 Å². The molecule has 0 nitrogen and oxygen atoms in total. The maximum Gasteiger partial charge on any atom is -0.0132 e. The second-order valence-electron chi connectivity index (χ2n) is 7.34. The summed E-state index contributed by atoms with van der Waals surface area (Å²) in [5.74, 6) is 0. The normalized spacial score (nSPS) is 15.8. The van der Waals surface area contributed by atoms with Crippen LogP contribution in [0.15, 0.2) is 58.7 Å². The van der Waals surface area contributed by atoms with E-state index in [0.717, 1.165) is 19.3 Å². The van der Waals surface area contributed by atoms with Crippen LogP contribution in [-0.4, -0.2) is 0 Å². The molecule has 0 aromatic heterocycles. The molecule has 0 fully saturated rings. The average molecular weight is 341 g/mol. The summed E-state index contributed by atoms with van der Waals surface area (Å²) in [4.78, 5) is 0. The largest absolute Gasteiger partial charge is 0.0799 e. The van der Waals surface area contributed by atoms with Gasteiger partial charge in [0.1, 0.15) is 0 Å². The second-order valence-corrected chi connectivity index (χ2v) is 7.34. The summed E-state index contributed by atoms with van der Waals surface area (Å²) in [7, 11) is 0. The van der Waals surface area contributed by atoms with Crippen LogP contribution in [0.4, 0.5) is 0 Å². The first-order valence-corrected chi connectivity index (χ1v) is 10.6. The molecule has 0 aliphatic heterocycles. The van der Waals surface area contributed by atoms with Gasteiger partial charge in [0, 0.05) is 0 Å². The Hall–Kier alpha value is -1.30. The van der Waals surface area contributed by atoms with E-state index in [2.05, 4.69) is 64.2 Å². The summed E-state index contributed by atoms with van der Waals surface area (Å²) in [5.41, 5.74) is 5.87. The summed E-state index contributed by atoms with van der Waals surface area (Å²) >= 11 is 0. The molecule has 1 aliphatic rings. The molecule has 0 bridgehead atoms. The Morgan fingerprint density at radius 3 is 2.28 bits per heavy atom. The maximum absolute atomic E-state index is 2.38. The van der Waals surface area contributed by atoms with Gasteiger partial charge in [-0.25, -0.2) is 0 Å². The molecule has 0 amide bonds. The minimum Gasteiger partial charge on any atom is -0.0799 e. The Balaban J connectivity index is 2.52. The lowest BCUT2D eigenvalue weighted by molar-refractivity contribution is 0.587. The molecule has 0 aromatic carbocycles. The van der Waals surface area contributed by atoms with E-state index in [-0.39, 0.29) is 0 Å². The van der Waals surface area contributed by atoms with Gasteiger partial charge in [0.25, 0.3) is 0 Å². The highest BCUT2D eigenvalue weighted by Crippen LogP contribution is 2.23. The monoisotopic (exact) mass is 340 g/mol. The van der Waals surface area contributed by atoms with Crippen LogP contribution in [0.1, 0.15) is 98.3 Å². The summed E-state index contributed by atoms with van der Waals surface area (Å²) in [5, 5.41) is 0. The topological polar surface area (TPSA) is 0 Å². The SMILES string of the molecule is CCCCCCCCCC1=CC=C(/C(=C/C=C(/C)CC)CC)C=CC1. The summed E-state index contributed by atoms with van der Waals surface area (Å²) in [6.07, 6.45) is 28.3. The fourth-order valence-corrected chi connectivity index (χ4v) is 3.16. The number of hydrogen-bond acceptors (Lipinski definition) is 0.